The van der Waals surface area contributed by atoms with Crippen molar-refractivity contribution in [1.29, 1.82) is 0 Å². The highest BCUT2D eigenvalue weighted by atomic mass is 19.1. The quantitative estimate of drug-likeness (QED) is 0.617. The van der Waals surface area contributed by atoms with Crippen LogP contribution in [0.15, 0.2) is 48.5 Å². The summed E-state index contributed by atoms with van der Waals surface area (Å²) in [5.74, 6) is -0.693. The third-order valence-corrected chi connectivity index (χ3v) is 4.87. The lowest BCUT2D eigenvalue weighted by molar-refractivity contribution is -0.139. The van der Waals surface area contributed by atoms with E-state index in [0.717, 1.165) is 19.4 Å². The Bertz CT molecular complexity index is 864. The zero-order chi connectivity index (χ0) is 21.5. The van der Waals surface area contributed by atoms with Crippen molar-refractivity contribution in [3.8, 4) is 5.75 Å². The summed E-state index contributed by atoms with van der Waals surface area (Å²) < 4.78 is 29.8. The zero-order valence-corrected chi connectivity index (χ0v) is 17.2. The molecule has 2 atom stereocenters. The number of carbonyl (C=O) groups is 2. The Balaban J connectivity index is 1.49. The molecule has 2 aromatic carbocycles. The van der Waals surface area contributed by atoms with E-state index in [4.69, 9.17) is 14.2 Å². The highest BCUT2D eigenvalue weighted by Gasteiger charge is 2.22. The lowest BCUT2D eigenvalue weighted by atomic mass is 10.2. The summed E-state index contributed by atoms with van der Waals surface area (Å²) >= 11 is 0. The van der Waals surface area contributed by atoms with Crippen LogP contribution in [-0.4, -0.2) is 49.2 Å². The number of carbonyl (C=O) groups excluding carboxylic acids is 2. The van der Waals surface area contributed by atoms with Gasteiger partial charge in [0.2, 0.25) is 0 Å². The topological polar surface area (TPSA) is 65.1 Å². The second-order valence-electron chi connectivity index (χ2n) is 7.34. The van der Waals surface area contributed by atoms with Crippen LogP contribution in [0.2, 0.25) is 0 Å². The summed E-state index contributed by atoms with van der Waals surface area (Å²) in [5.41, 5.74) is 0.981. The minimum absolute atomic E-state index is 0.117. The molecule has 0 spiro atoms. The Morgan fingerprint density at radius 1 is 1.23 bits per heavy atom. The molecule has 0 bridgehead atoms. The molecule has 1 fully saturated rings. The van der Waals surface area contributed by atoms with Crippen molar-refractivity contribution < 1.29 is 28.2 Å². The maximum absolute atomic E-state index is 13.3. The van der Waals surface area contributed by atoms with Crippen LogP contribution in [-0.2, 0) is 20.8 Å². The number of likely N-dealkylation sites (N-methyl/N-ethyl adjacent to an activating group) is 1. The van der Waals surface area contributed by atoms with Gasteiger partial charge in [0.15, 0.2) is 6.10 Å². The minimum atomic E-state index is -0.966. The number of hydrogen-bond acceptors (Lipinski definition) is 5. The van der Waals surface area contributed by atoms with Crippen LogP contribution in [0, 0.1) is 5.82 Å². The lowest BCUT2D eigenvalue weighted by Crippen LogP contribution is -2.37. The Labute approximate surface area is 175 Å². The molecule has 7 heteroatoms. The van der Waals surface area contributed by atoms with E-state index < -0.39 is 12.1 Å². The molecular formula is C23H26FNO5. The van der Waals surface area contributed by atoms with E-state index in [1.165, 1.54) is 24.0 Å². The fourth-order valence-electron chi connectivity index (χ4n) is 3.23. The van der Waals surface area contributed by atoms with Gasteiger partial charge in [-0.25, -0.2) is 9.18 Å². The van der Waals surface area contributed by atoms with Gasteiger partial charge in [0, 0.05) is 20.2 Å². The van der Waals surface area contributed by atoms with Crippen molar-refractivity contribution in [2.24, 2.45) is 0 Å². The van der Waals surface area contributed by atoms with Crippen LogP contribution < -0.4 is 4.74 Å². The van der Waals surface area contributed by atoms with Crippen LogP contribution in [0.25, 0.3) is 0 Å². The second-order valence-corrected chi connectivity index (χ2v) is 7.34. The third-order valence-electron chi connectivity index (χ3n) is 4.87. The van der Waals surface area contributed by atoms with Crippen molar-refractivity contribution >= 4 is 11.9 Å². The molecule has 0 aliphatic carbocycles. The molecule has 1 aliphatic rings. The van der Waals surface area contributed by atoms with Gasteiger partial charge < -0.3 is 19.1 Å². The molecule has 160 valence electrons. The van der Waals surface area contributed by atoms with E-state index >= 15 is 0 Å². The van der Waals surface area contributed by atoms with Crippen LogP contribution in [0.5, 0.6) is 5.75 Å². The highest BCUT2D eigenvalue weighted by molar-refractivity contribution is 5.92. The molecule has 3 rings (SSSR count). The largest absolute Gasteiger partial charge is 0.491 e. The summed E-state index contributed by atoms with van der Waals surface area (Å²) in [6.45, 7) is 2.98. The molecule has 0 N–H and O–H groups in total. The predicted molar refractivity (Wildman–Crippen MR) is 109 cm³/mol. The Morgan fingerprint density at radius 2 is 2.00 bits per heavy atom. The van der Waals surface area contributed by atoms with Crippen LogP contribution in [0.4, 0.5) is 4.39 Å². The van der Waals surface area contributed by atoms with Crippen LogP contribution in [0.3, 0.4) is 0 Å². The summed E-state index contributed by atoms with van der Waals surface area (Å²) in [4.78, 5) is 26.2. The molecule has 2 aromatic rings. The summed E-state index contributed by atoms with van der Waals surface area (Å²) in [6, 6.07) is 12.6. The SMILES string of the molecule is C[C@H](OC(=O)c1ccc(OC[C@H]2CCCO2)cc1)C(=O)N(C)Cc1cccc(F)c1. The van der Waals surface area contributed by atoms with Gasteiger partial charge in [-0.05, 0) is 61.7 Å². The number of nitrogens with zero attached hydrogens (tertiary/aromatic N) is 1. The molecule has 0 aromatic heterocycles. The smallest absolute Gasteiger partial charge is 0.338 e. The first-order valence-corrected chi connectivity index (χ1v) is 9.97. The average molecular weight is 415 g/mol. The molecule has 1 aliphatic heterocycles. The maximum Gasteiger partial charge on any atom is 0.338 e. The first-order valence-electron chi connectivity index (χ1n) is 9.97. The van der Waals surface area contributed by atoms with Crippen molar-refractivity contribution in [2.75, 3.05) is 20.3 Å². The maximum atomic E-state index is 13.3. The molecule has 1 heterocycles. The molecule has 30 heavy (non-hydrogen) atoms. The number of hydrogen-bond donors (Lipinski definition) is 0. The van der Waals surface area contributed by atoms with Gasteiger partial charge in [-0.2, -0.15) is 0 Å². The van der Waals surface area contributed by atoms with Gasteiger partial charge in [-0.1, -0.05) is 12.1 Å². The minimum Gasteiger partial charge on any atom is -0.491 e. The first kappa shape index (κ1) is 21.8. The van der Waals surface area contributed by atoms with Gasteiger partial charge in [-0.3, -0.25) is 4.79 Å². The fourth-order valence-corrected chi connectivity index (χ4v) is 3.23. The van der Waals surface area contributed by atoms with Crippen molar-refractivity contribution in [3.63, 3.8) is 0 Å². The highest BCUT2D eigenvalue weighted by Crippen LogP contribution is 2.17. The van der Waals surface area contributed by atoms with Gasteiger partial charge >= 0.3 is 5.97 Å². The Morgan fingerprint density at radius 3 is 2.67 bits per heavy atom. The van der Waals surface area contributed by atoms with E-state index in [1.54, 1.807) is 43.4 Å². The van der Waals surface area contributed by atoms with Gasteiger partial charge in [0.25, 0.3) is 5.91 Å². The number of rotatable bonds is 8. The van der Waals surface area contributed by atoms with Crippen molar-refractivity contribution in [3.05, 3.63) is 65.5 Å². The van der Waals surface area contributed by atoms with E-state index in [9.17, 15) is 14.0 Å². The molecule has 1 amide bonds. The summed E-state index contributed by atoms with van der Waals surface area (Å²) in [5, 5.41) is 0. The standard InChI is InChI=1S/C23H26FNO5/c1-16(22(26)25(2)14-17-5-3-6-19(24)13-17)30-23(27)18-8-10-20(11-9-18)29-15-21-7-4-12-28-21/h3,5-6,8-11,13,16,21H,4,7,12,14-15H2,1-2H3/t16-,21+/m0/s1. The van der Waals surface area contributed by atoms with Crippen LogP contribution >= 0.6 is 0 Å². The third kappa shape index (κ3) is 6.03. The van der Waals surface area contributed by atoms with Crippen molar-refractivity contribution in [1.82, 2.24) is 4.90 Å². The first-order chi connectivity index (χ1) is 14.4. The number of benzene rings is 2. The fraction of sp³-hybridized carbons (Fsp3) is 0.391. The van der Waals surface area contributed by atoms with E-state index in [-0.39, 0.29) is 24.4 Å². The molecule has 0 saturated carbocycles. The van der Waals surface area contributed by atoms with Gasteiger partial charge in [0.1, 0.15) is 18.2 Å². The Hall–Kier alpha value is -2.93. The normalized spacial score (nSPS) is 16.7. The monoisotopic (exact) mass is 415 g/mol. The van der Waals surface area contributed by atoms with E-state index in [0.29, 0.717) is 23.5 Å². The second kappa shape index (κ2) is 10.2. The van der Waals surface area contributed by atoms with E-state index in [2.05, 4.69) is 0 Å². The average Bonchev–Trinajstić information content (AvgIpc) is 3.25. The molecule has 0 radical (unpaired) electrons. The number of amides is 1. The van der Waals surface area contributed by atoms with E-state index in [1.807, 2.05) is 0 Å². The van der Waals surface area contributed by atoms with Gasteiger partial charge in [-0.15, -0.1) is 0 Å². The van der Waals surface area contributed by atoms with Crippen LogP contribution in [0.1, 0.15) is 35.7 Å². The molecule has 0 unspecified atom stereocenters. The molecule has 1 saturated heterocycles. The lowest BCUT2D eigenvalue weighted by Gasteiger charge is -2.21. The number of esters is 1. The summed E-state index contributed by atoms with van der Waals surface area (Å²) in [6.07, 6.45) is 1.19. The molecular weight excluding hydrogens is 389 g/mol. The van der Waals surface area contributed by atoms with Gasteiger partial charge in [0.05, 0.1) is 11.7 Å². The Kier molecular flexibility index (Phi) is 7.41. The predicted octanol–water partition coefficient (Wildman–Crippen LogP) is 3.59. The number of halogens is 1. The zero-order valence-electron chi connectivity index (χ0n) is 17.2. The molecule has 6 nitrogen and oxygen atoms in total. The van der Waals surface area contributed by atoms with Crippen molar-refractivity contribution in [2.45, 2.75) is 38.5 Å². The number of ether oxygens (including phenoxy) is 3. The summed E-state index contributed by atoms with van der Waals surface area (Å²) in [7, 11) is 1.58.